The van der Waals surface area contributed by atoms with Gasteiger partial charge in [-0.2, -0.15) is 0 Å². The third-order valence-corrected chi connectivity index (χ3v) is 5.36. The number of nitrogens with zero attached hydrogens (tertiary/aromatic N) is 1. The van der Waals surface area contributed by atoms with Gasteiger partial charge in [0.05, 0.1) is 0 Å². The van der Waals surface area contributed by atoms with E-state index in [1.807, 2.05) is 5.01 Å². The van der Waals surface area contributed by atoms with Gasteiger partial charge in [0.25, 0.3) is 0 Å². The summed E-state index contributed by atoms with van der Waals surface area (Å²) in [6.07, 6.45) is 3.45. The Labute approximate surface area is 95.2 Å². The summed E-state index contributed by atoms with van der Waals surface area (Å²) in [4.78, 5) is 17.1. The molecule has 0 aliphatic carbocycles. The lowest BCUT2D eigenvalue weighted by molar-refractivity contribution is 0.106. The number of rotatable bonds is 6. The molecule has 1 unspecified atom stereocenters. The molecule has 96 valence electrons. The standard InChI is InChI=1S/C7H18N2O5P2/c10-15(7-16(11,12)13)14-6-8-9-4-2-1-3-5-9/h8,15H,1-7H2,(H2,11,12,13). The molecule has 1 atom stereocenters. The Morgan fingerprint density at radius 3 is 2.50 bits per heavy atom. The van der Waals surface area contributed by atoms with Gasteiger partial charge in [-0.3, -0.25) is 9.13 Å². The summed E-state index contributed by atoms with van der Waals surface area (Å²) in [5.74, 6) is -0.681. The van der Waals surface area contributed by atoms with Crippen LogP contribution in [0.15, 0.2) is 0 Å². The smallest absolute Gasteiger partial charge is 0.324 e. The molecule has 16 heavy (non-hydrogen) atoms. The number of hydrazine groups is 1. The summed E-state index contributed by atoms with van der Waals surface area (Å²) in [7, 11) is -6.88. The third kappa shape index (κ3) is 6.76. The van der Waals surface area contributed by atoms with E-state index in [0.717, 1.165) is 25.9 Å². The molecule has 1 fully saturated rings. The summed E-state index contributed by atoms with van der Waals surface area (Å²) in [5.41, 5.74) is 2.92. The molecule has 0 aromatic heterocycles. The van der Waals surface area contributed by atoms with Gasteiger partial charge in [0.2, 0.25) is 8.03 Å². The minimum Gasteiger partial charge on any atom is -0.324 e. The average molecular weight is 272 g/mol. The Balaban J connectivity index is 2.10. The normalized spacial score (nSPS) is 20.9. The van der Waals surface area contributed by atoms with Gasteiger partial charge < -0.3 is 14.3 Å². The summed E-state index contributed by atoms with van der Waals surface area (Å²) >= 11 is 0. The fourth-order valence-corrected chi connectivity index (χ4v) is 3.41. The van der Waals surface area contributed by atoms with E-state index in [9.17, 15) is 9.13 Å². The van der Waals surface area contributed by atoms with Crippen molar-refractivity contribution in [2.75, 3.05) is 25.7 Å². The second kappa shape index (κ2) is 6.87. The maximum absolute atomic E-state index is 11.1. The van der Waals surface area contributed by atoms with Crippen molar-refractivity contribution in [3.63, 3.8) is 0 Å². The lowest BCUT2D eigenvalue weighted by Gasteiger charge is -2.26. The molecule has 1 aliphatic heterocycles. The van der Waals surface area contributed by atoms with Crippen molar-refractivity contribution < 1.29 is 23.4 Å². The SMILES string of the molecule is O=[PH](CP(=O)(O)O)OCNN1CCCCC1. The first kappa shape index (κ1) is 14.3. The van der Waals surface area contributed by atoms with Crippen LogP contribution in [0.4, 0.5) is 0 Å². The molecule has 7 nitrogen and oxygen atoms in total. The molecule has 9 heteroatoms. The van der Waals surface area contributed by atoms with E-state index >= 15 is 0 Å². The minimum atomic E-state index is -4.23. The van der Waals surface area contributed by atoms with Crippen LogP contribution in [-0.4, -0.2) is 40.5 Å². The molecule has 0 bridgehead atoms. The van der Waals surface area contributed by atoms with Crippen molar-refractivity contribution in [1.29, 1.82) is 0 Å². The first-order valence-corrected chi connectivity index (χ1v) is 8.48. The van der Waals surface area contributed by atoms with Gasteiger partial charge in [-0.15, -0.1) is 0 Å². The Morgan fingerprint density at radius 1 is 1.31 bits per heavy atom. The van der Waals surface area contributed by atoms with Crippen molar-refractivity contribution in [3.8, 4) is 0 Å². The lowest BCUT2D eigenvalue weighted by Crippen LogP contribution is -2.42. The van der Waals surface area contributed by atoms with Gasteiger partial charge >= 0.3 is 7.60 Å². The maximum atomic E-state index is 11.1. The monoisotopic (exact) mass is 272 g/mol. The molecule has 0 amide bonds. The van der Waals surface area contributed by atoms with Crippen molar-refractivity contribution in [2.24, 2.45) is 0 Å². The van der Waals surface area contributed by atoms with Crippen LogP contribution < -0.4 is 5.43 Å². The van der Waals surface area contributed by atoms with Crippen LogP contribution in [0.5, 0.6) is 0 Å². The van der Waals surface area contributed by atoms with E-state index in [4.69, 9.17) is 14.3 Å². The molecular weight excluding hydrogens is 254 g/mol. The second-order valence-corrected chi connectivity index (χ2v) is 7.32. The number of hydrogen-bond donors (Lipinski definition) is 3. The Hall–Kier alpha value is 0.260. The minimum absolute atomic E-state index is 0.0395. The van der Waals surface area contributed by atoms with Gasteiger partial charge in [0.15, 0.2) is 0 Å². The van der Waals surface area contributed by atoms with Crippen LogP contribution in [0.3, 0.4) is 0 Å². The van der Waals surface area contributed by atoms with Crippen molar-refractivity contribution in [2.45, 2.75) is 19.3 Å². The van der Waals surface area contributed by atoms with Crippen LogP contribution >= 0.6 is 15.6 Å². The molecule has 0 aromatic rings. The first-order valence-electron chi connectivity index (χ1n) is 5.16. The first-order chi connectivity index (χ1) is 7.47. The second-order valence-electron chi connectivity index (χ2n) is 3.69. The Morgan fingerprint density at radius 2 is 1.94 bits per heavy atom. The highest BCUT2D eigenvalue weighted by Gasteiger charge is 2.18. The zero-order chi connectivity index (χ0) is 12.0. The van der Waals surface area contributed by atoms with Gasteiger partial charge in [-0.05, 0) is 12.8 Å². The average Bonchev–Trinajstić information content (AvgIpc) is 2.16. The molecule has 0 aromatic carbocycles. The zero-order valence-corrected chi connectivity index (χ0v) is 10.9. The zero-order valence-electron chi connectivity index (χ0n) is 8.96. The molecular formula is C7H18N2O5P2. The highest BCUT2D eigenvalue weighted by Crippen LogP contribution is 2.45. The highest BCUT2D eigenvalue weighted by atomic mass is 31.2. The summed E-state index contributed by atoms with van der Waals surface area (Å²) in [6.45, 7) is 1.88. The predicted octanol–water partition coefficient (Wildman–Crippen LogP) is 0.561. The van der Waals surface area contributed by atoms with E-state index in [1.165, 1.54) is 6.42 Å². The van der Waals surface area contributed by atoms with Gasteiger partial charge in [0, 0.05) is 13.1 Å². The molecule has 3 N–H and O–H groups in total. The molecule has 1 heterocycles. The van der Waals surface area contributed by atoms with E-state index in [2.05, 4.69) is 5.43 Å². The van der Waals surface area contributed by atoms with E-state index in [-0.39, 0.29) is 6.73 Å². The molecule has 1 rings (SSSR count). The molecule has 1 aliphatic rings. The van der Waals surface area contributed by atoms with Gasteiger partial charge in [0.1, 0.15) is 12.6 Å². The topological polar surface area (TPSA) is 99.1 Å². The highest BCUT2D eigenvalue weighted by molar-refractivity contribution is 7.64. The van der Waals surface area contributed by atoms with E-state index in [0.29, 0.717) is 0 Å². The van der Waals surface area contributed by atoms with Crippen LogP contribution in [0.25, 0.3) is 0 Å². The molecule has 1 saturated heterocycles. The van der Waals surface area contributed by atoms with E-state index in [1.54, 1.807) is 0 Å². The summed E-state index contributed by atoms with van der Waals surface area (Å²) in [5, 5.41) is 1.97. The maximum Gasteiger partial charge on any atom is 0.334 e. The molecule has 0 radical (unpaired) electrons. The third-order valence-electron chi connectivity index (χ3n) is 2.21. The van der Waals surface area contributed by atoms with Crippen LogP contribution in [-0.2, 0) is 13.7 Å². The number of hydrogen-bond acceptors (Lipinski definition) is 5. The Kier molecular flexibility index (Phi) is 6.15. The van der Waals surface area contributed by atoms with Crippen molar-refractivity contribution >= 4 is 15.6 Å². The van der Waals surface area contributed by atoms with Crippen molar-refractivity contribution in [3.05, 3.63) is 0 Å². The number of piperidine rings is 1. The largest absolute Gasteiger partial charge is 0.334 e. The fraction of sp³-hybridized carbons (Fsp3) is 1.00. The van der Waals surface area contributed by atoms with Crippen LogP contribution in [0, 0.1) is 0 Å². The molecule has 0 spiro atoms. The van der Waals surface area contributed by atoms with Crippen LogP contribution in [0.1, 0.15) is 19.3 Å². The summed E-state index contributed by atoms with van der Waals surface area (Å²) in [6, 6.07) is 0. The summed E-state index contributed by atoms with van der Waals surface area (Å²) < 4.78 is 26.5. The quantitative estimate of drug-likeness (QED) is 0.480. The van der Waals surface area contributed by atoms with Gasteiger partial charge in [-0.25, -0.2) is 10.4 Å². The lowest BCUT2D eigenvalue weighted by atomic mass is 10.2. The van der Waals surface area contributed by atoms with Crippen LogP contribution in [0.2, 0.25) is 0 Å². The predicted molar refractivity (Wildman–Crippen MR) is 60.4 cm³/mol. The Bertz CT molecular complexity index is 276. The molecule has 0 saturated carbocycles. The van der Waals surface area contributed by atoms with Crippen molar-refractivity contribution in [1.82, 2.24) is 10.4 Å². The van der Waals surface area contributed by atoms with Gasteiger partial charge in [-0.1, -0.05) is 6.42 Å². The number of nitrogens with one attached hydrogen (secondary N) is 1. The fourth-order valence-electron chi connectivity index (χ4n) is 1.47. The van der Waals surface area contributed by atoms with E-state index < -0.39 is 21.5 Å².